The van der Waals surface area contributed by atoms with Crippen molar-refractivity contribution in [1.82, 2.24) is 10.6 Å². The van der Waals surface area contributed by atoms with Crippen molar-refractivity contribution < 1.29 is 18.7 Å². The van der Waals surface area contributed by atoms with Crippen LogP contribution in [0.25, 0.3) is 0 Å². The molecule has 1 aromatic carbocycles. The van der Waals surface area contributed by atoms with E-state index in [1.54, 1.807) is 13.4 Å². The molecule has 0 fully saturated rings. The standard InChI is InChI=1S/C16H20N2O4/c1-20-14-6-2-3-7-15(14)22-12-10-18-16(19)17-9-8-13-5-4-11-21-13/h2-7,11H,8-10,12H2,1H3,(H2,17,18,19). The summed E-state index contributed by atoms with van der Waals surface area (Å²) >= 11 is 0. The molecule has 0 atom stereocenters. The van der Waals surface area contributed by atoms with E-state index in [9.17, 15) is 4.79 Å². The smallest absolute Gasteiger partial charge is 0.314 e. The van der Waals surface area contributed by atoms with Gasteiger partial charge in [-0.15, -0.1) is 0 Å². The largest absolute Gasteiger partial charge is 0.493 e. The van der Waals surface area contributed by atoms with Gasteiger partial charge in [-0.05, 0) is 24.3 Å². The molecule has 1 aromatic heterocycles. The summed E-state index contributed by atoms with van der Waals surface area (Å²) < 4.78 is 15.9. The number of amides is 2. The average Bonchev–Trinajstić information content (AvgIpc) is 3.05. The van der Waals surface area contributed by atoms with E-state index in [4.69, 9.17) is 13.9 Å². The van der Waals surface area contributed by atoms with Gasteiger partial charge in [0.25, 0.3) is 0 Å². The van der Waals surface area contributed by atoms with Crippen LogP contribution in [0.5, 0.6) is 11.5 Å². The minimum absolute atomic E-state index is 0.227. The molecule has 6 nitrogen and oxygen atoms in total. The molecule has 0 radical (unpaired) electrons. The molecular weight excluding hydrogens is 284 g/mol. The Hall–Kier alpha value is -2.63. The molecule has 2 rings (SSSR count). The number of hydrogen-bond donors (Lipinski definition) is 2. The van der Waals surface area contributed by atoms with Gasteiger partial charge in [0.05, 0.1) is 19.9 Å². The second kappa shape index (κ2) is 8.61. The van der Waals surface area contributed by atoms with E-state index in [0.29, 0.717) is 37.6 Å². The first-order valence-corrected chi connectivity index (χ1v) is 7.09. The van der Waals surface area contributed by atoms with Crippen molar-refractivity contribution in [2.24, 2.45) is 0 Å². The van der Waals surface area contributed by atoms with E-state index in [0.717, 1.165) is 5.76 Å². The summed E-state index contributed by atoms with van der Waals surface area (Å²) in [6.07, 6.45) is 2.28. The monoisotopic (exact) mass is 304 g/mol. The quantitative estimate of drug-likeness (QED) is 0.733. The first-order valence-electron chi connectivity index (χ1n) is 7.09. The number of rotatable bonds is 8. The van der Waals surface area contributed by atoms with Crippen LogP contribution in [-0.4, -0.2) is 32.8 Å². The third-order valence-electron chi connectivity index (χ3n) is 2.95. The third kappa shape index (κ3) is 5.05. The Labute approximate surface area is 129 Å². The van der Waals surface area contributed by atoms with Gasteiger partial charge in [-0.25, -0.2) is 4.79 Å². The maximum absolute atomic E-state index is 11.6. The maximum atomic E-state index is 11.6. The molecule has 0 aliphatic heterocycles. The van der Waals surface area contributed by atoms with Gasteiger partial charge in [0.2, 0.25) is 0 Å². The molecule has 2 N–H and O–H groups in total. The number of carbonyl (C=O) groups excluding carboxylic acids is 1. The van der Waals surface area contributed by atoms with E-state index in [1.807, 2.05) is 36.4 Å². The molecule has 2 aromatic rings. The van der Waals surface area contributed by atoms with E-state index in [-0.39, 0.29) is 6.03 Å². The summed E-state index contributed by atoms with van der Waals surface area (Å²) in [5, 5.41) is 5.48. The summed E-state index contributed by atoms with van der Waals surface area (Å²) in [6.45, 7) is 1.29. The number of hydrogen-bond acceptors (Lipinski definition) is 4. The Kier molecular flexibility index (Phi) is 6.17. The predicted octanol–water partition coefficient (Wildman–Crippen LogP) is 2.21. The molecule has 0 saturated carbocycles. The number of para-hydroxylation sites is 2. The van der Waals surface area contributed by atoms with Gasteiger partial charge >= 0.3 is 6.03 Å². The summed E-state index contributed by atoms with van der Waals surface area (Å²) in [5.74, 6) is 2.18. The molecule has 22 heavy (non-hydrogen) atoms. The fourth-order valence-electron chi connectivity index (χ4n) is 1.88. The van der Waals surface area contributed by atoms with Crippen molar-refractivity contribution in [2.45, 2.75) is 6.42 Å². The van der Waals surface area contributed by atoms with E-state index < -0.39 is 0 Å². The Balaban J connectivity index is 1.59. The number of urea groups is 1. The number of carbonyl (C=O) groups is 1. The lowest BCUT2D eigenvalue weighted by atomic mass is 10.3. The molecule has 2 amide bonds. The Morgan fingerprint density at radius 2 is 1.86 bits per heavy atom. The zero-order valence-corrected chi connectivity index (χ0v) is 12.5. The van der Waals surface area contributed by atoms with Crippen LogP contribution in [0.3, 0.4) is 0 Å². The Morgan fingerprint density at radius 3 is 2.59 bits per heavy atom. The second-order valence-corrected chi connectivity index (χ2v) is 4.51. The molecule has 0 unspecified atom stereocenters. The number of methoxy groups -OCH3 is 1. The van der Waals surface area contributed by atoms with Gasteiger partial charge in [0.1, 0.15) is 12.4 Å². The lowest BCUT2D eigenvalue weighted by Gasteiger charge is -2.11. The SMILES string of the molecule is COc1ccccc1OCCNC(=O)NCCc1ccco1. The predicted molar refractivity (Wildman–Crippen MR) is 82.3 cm³/mol. The number of furan rings is 1. The van der Waals surface area contributed by atoms with Crippen LogP contribution in [0, 0.1) is 0 Å². The molecule has 6 heteroatoms. The molecule has 0 aliphatic rings. The van der Waals surface area contributed by atoms with E-state index in [1.165, 1.54) is 0 Å². The topological polar surface area (TPSA) is 72.7 Å². The number of ether oxygens (including phenoxy) is 2. The first-order chi connectivity index (χ1) is 10.8. The zero-order valence-electron chi connectivity index (χ0n) is 12.5. The van der Waals surface area contributed by atoms with Crippen molar-refractivity contribution in [3.8, 4) is 11.5 Å². The lowest BCUT2D eigenvalue weighted by Crippen LogP contribution is -2.38. The zero-order chi connectivity index (χ0) is 15.6. The summed E-state index contributed by atoms with van der Waals surface area (Å²) in [7, 11) is 1.59. The molecule has 118 valence electrons. The van der Waals surface area contributed by atoms with E-state index in [2.05, 4.69) is 10.6 Å². The fraction of sp³-hybridized carbons (Fsp3) is 0.312. The van der Waals surface area contributed by atoms with Crippen molar-refractivity contribution >= 4 is 6.03 Å². The van der Waals surface area contributed by atoms with Gasteiger partial charge in [0.15, 0.2) is 11.5 Å². The highest BCUT2D eigenvalue weighted by molar-refractivity contribution is 5.73. The van der Waals surface area contributed by atoms with Gasteiger partial charge in [-0.3, -0.25) is 0 Å². The van der Waals surface area contributed by atoms with E-state index >= 15 is 0 Å². The van der Waals surface area contributed by atoms with Crippen molar-refractivity contribution in [3.63, 3.8) is 0 Å². The summed E-state index contributed by atoms with van der Waals surface area (Å²) in [6, 6.07) is 10.9. The minimum Gasteiger partial charge on any atom is -0.493 e. The van der Waals surface area contributed by atoms with Crippen LogP contribution in [0.2, 0.25) is 0 Å². The molecule has 0 bridgehead atoms. The van der Waals surface area contributed by atoms with Crippen LogP contribution >= 0.6 is 0 Å². The molecule has 1 heterocycles. The highest BCUT2D eigenvalue weighted by atomic mass is 16.5. The average molecular weight is 304 g/mol. The van der Waals surface area contributed by atoms with Crippen LogP contribution in [-0.2, 0) is 6.42 Å². The molecule has 0 aliphatic carbocycles. The summed E-state index contributed by atoms with van der Waals surface area (Å²) in [5.41, 5.74) is 0. The van der Waals surface area contributed by atoms with Gasteiger partial charge in [-0.1, -0.05) is 12.1 Å². The van der Waals surface area contributed by atoms with Gasteiger partial charge in [0, 0.05) is 13.0 Å². The number of benzene rings is 1. The molecular formula is C16H20N2O4. The normalized spacial score (nSPS) is 10.0. The van der Waals surface area contributed by atoms with Crippen molar-refractivity contribution in [1.29, 1.82) is 0 Å². The second-order valence-electron chi connectivity index (χ2n) is 4.51. The molecule has 0 saturated heterocycles. The van der Waals surface area contributed by atoms with Gasteiger partial charge < -0.3 is 24.5 Å². The highest BCUT2D eigenvalue weighted by Crippen LogP contribution is 2.25. The van der Waals surface area contributed by atoms with Crippen LogP contribution in [0.4, 0.5) is 4.79 Å². The highest BCUT2D eigenvalue weighted by Gasteiger charge is 2.03. The Bertz CT molecular complexity index is 569. The van der Waals surface area contributed by atoms with Crippen LogP contribution in [0.1, 0.15) is 5.76 Å². The maximum Gasteiger partial charge on any atom is 0.314 e. The Morgan fingerprint density at radius 1 is 1.09 bits per heavy atom. The van der Waals surface area contributed by atoms with Crippen LogP contribution in [0.15, 0.2) is 47.1 Å². The number of nitrogens with one attached hydrogen (secondary N) is 2. The first kappa shape index (κ1) is 15.8. The van der Waals surface area contributed by atoms with Gasteiger partial charge in [-0.2, -0.15) is 0 Å². The summed E-state index contributed by atoms with van der Waals surface area (Å²) in [4.78, 5) is 11.6. The lowest BCUT2D eigenvalue weighted by molar-refractivity contribution is 0.235. The molecule has 0 spiro atoms. The van der Waals surface area contributed by atoms with Crippen molar-refractivity contribution in [2.75, 3.05) is 26.8 Å². The van der Waals surface area contributed by atoms with Crippen molar-refractivity contribution in [3.05, 3.63) is 48.4 Å². The minimum atomic E-state index is -0.227. The fourth-order valence-corrected chi connectivity index (χ4v) is 1.88. The third-order valence-corrected chi connectivity index (χ3v) is 2.95. The van der Waals surface area contributed by atoms with Crippen LogP contribution < -0.4 is 20.1 Å².